The number of carbonyl (C=O) groups is 1. The Morgan fingerprint density at radius 3 is 2.69 bits per heavy atom. The topological polar surface area (TPSA) is 46.5 Å². The number of cyclic esters (lactones) is 1. The van der Waals surface area contributed by atoms with Gasteiger partial charge in [0.15, 0.2) is 0 Å². The largest absolute Gasteiger partial charge is 0.452 e. The van der Waals surface area contributed by atoms with Crippen LogP contribution >= 0.6 is 0 Å². The number of ether oxygens (including phenoxy) is 1. The van der Waals surface area contributed by atoms with Gasteiger partial charge in [-0.2, -0.15) is 0 Å². The summed E-state index contributed by atoms with van der Waals surface area (Å²) in [7, 11) is 0. The molecule has 0 unspecified atom stereocenters. The summed E-state index contributed by atoms with van der Waals surface area (Å²) in [6, 6.07) is 9.93. The lowest BCUT2D eigenvalue weighted by atomic mass is 10.0. The number of carbonyl (C=O) groups excluding carboxylic acids is 1. The highest BCUT2D eigenvalue weighted by molar-refractivity contribution is 5.84. The zero-order chi connectivity index (χ0) is 11.4. The molecule has 0 fully saturated rings. The summed E-state index contributed by atoms with van der Waals surface area (Å²) in [4.78, 5) is 10.8. The molecule has 0 saturated heterocycles. The fourth-order valence-electron chi connectivity index (χ4n) is 1.72. The number of aliphatic hydroxyl groups excluding tert-OH is 1. The molecule has 1 aromatic carbocycles. The standard InChI is InChI=1S/C13H14O3/c14-11(12-8-9-13(15)16-12)7-6-10-4-2-1-3-5-10/h1-5,8-9,11-12,14H,6-7H2/t11-,12-/m0/s1. The van der Waals surface area contributed by atoms with Gasteiger partial charge in [-0.25, -0.2) is 4.79 Å². The molecule has 3 nitrogen and oxygen atoms in total. The van der Waals surface area contributed by atoms with Crippen molar-refractivity contribution in [3.63, 3.8) is 0 Å². The molecule has 1 aliphatic heterocycles. The second-order valence-corrected chi connectivity index (χ2v) is 3.85. The monoisotopic (exact) mass is 218 g/mol. The second-order valence-electron chi connectivity index (χ2n) is 3.85. The van der Waals surface area contributed by atoms with E-state index in [4.69, 9.17) is 4.74 Å². The van der Waals surface area contributed by atoms with E-state index < -0.39 is 12.2 Å². The first-order valence-corrected chi connectivity index (χ1v) is 5.36. The molecule has 84 valence electrons. The highest BCUT2D eigenvalue weighted by Crippen LogP contribution is 2.14. The number of hydrogen-bond acceptors (Lipinski definition) is 3. The number of hydrogen-bond donors (Lipinski definition) is 1. The van der Waals surface area contributed by atoms with Crippen molar-refractivity contribution in [2.45, 2.75) is 25.0 Å². The van der Waals surface area contributed by atoms with Crippen LogP contribution in [0.1, 0.15) is 12.0 Å². The van der Waals surface area contributed by atoms with Crippen LogP contribution in [-0.4, -0.2) is 23.3 Å². The summed E-state index contributed by atoms with van der Waals surface area (Å²) in [5.74, 6) is -0.372. The first-order valence-electron chi connectivity index (χ1n) is 5.36. The Balaban J connectivity index is 1.82. The van der Waals surface area contributed by atoms with Crippen LogP contribution < -0.4 is 0 Å². The smallest absolute Gasteiger partial charge is 0.331 e. The predicted molar refractivity (Wildman–Crippen MR) is 59.8 cm³/mol. The van der Waals surface area contributed by atoms with Crippen molar-refractivity contribution in [2.75, 3.05) is 0 Å². The van der Waals surface area contributed by atoms with E-state index in [2.05, 4.69) is 0 Å². The molecule has 3 heteroatoms. The molecule has 1 N–H and O–H groups in total. The first kappa shape index (κ1) is 10.9. The van der Waals surface area contributed by atoms with E-state index in [9.17, 15) is 9.90 Å². The summed E-state index contributed by atoms with van der Waals surface area (Å²) >= 11 is 0. The third-order valence-corrected chi connectivity index (χ3v) is 2.63. The Hall–Kier alpha value is -1.61. The van der Waals surface area contributed by atoms with Gasteiger partial charge in [0.2, 0.25) is 0 Å². The number of benzene rings is 1. The highest BCUT2D eigenvalue weighted by atomic mass is 16.6. The summed E-state index contributed by atoms with van der Waals surface area (Å²) < 4.78 is 4.91. The van der Waals surface area contributed by atoms with Crippen LogP contribution in [0, 0.1) is 0 Å². The molecule has 0 aliphatic carbocycles. The molecule has 0 radical (unpaired) electrons. The van der Waals surface area contributed by atoms with E-state index in [1.807, 2.05) is 30.3 Å². The van der Waals surface area contributed by atoms with Crippen LogP contribution in [0.3, 0.4) is 0 Å². The van der Waals surface area contributed by atoms with E-state index in [0.717, 1.165) is 6.42 Å². The molecule has 1 heterocycles. The molecular formula is C13H14O3. The van der Waals surface area contributed by atoms with Crippen molar-refractivity contribution >= 4 is 5.97 Å². The molecule has 0 aromatic heterocycles. The first-order chi connectivity index (χ1) is 7.75. The van der Waals surface area contributed by atoms with E-state index in [-0.39, 0.29) is 5.97 Å². The lowest BCUT2D eigenvalue weighted by molar-refractivity contribution is -0.142. The zero-order valence-corrected chi connectivity index (χ0v) is 8.87. The third-order valence-electron chi connectivity index (χ3n) is 2.63. The fourth-order valence-corrected chi connectivity index (χ4v) is 1.72. The van der Waals surface area contributed by atoms with Gasteiger partial charge in [-0.3, -0.25) is 0 Å². The van der Waals surface area contributed by atoms with Gasteiger partial charge < -0.3 is 9.84 Å². The van der Waals surface area contributed by atoms with E-state index in [1.165, 1.54) is 11.6 Å². The zero-order valence-electron chi connectivity index (χ0n) is 8.87. The van der Waals surface area contributed by atoms with Crippen LogP contribution in [0.15, 0.2) is 42.5 Å². The Morgan fingerprint density at radius 2 is 2.06 bits per heavy atom. The van der Waals surface area contributed by atoms with Crippen molar-refractivity contribution in [3.8, 4) is 0 Å². The number of aryl methyl sites for hydroxylation is 1. The minimum Gasteiger partial charge on any atom is -0.452 e. The van der Waals surface area contributed by atoms with E-state index in [0.29, 0.717) is 6.42 Å². The molecule has 0 spiro atoms. The van der Waals surface area contributed by atoms with E-state index in [1.54, 1.807) is 6.08 Å². The molecule has 16 heavy (non-hydrogen) atoms. The van der Waals surface area contributed by atoms with Gasteiger partial charge in [0.25, 0.3) is 0 Å². The number of rotatable bonds is 4. The van der Waals surface area contributed by atoms with Crippen LogP contribution in [0.5, 0.6) is 0 Å². The van der Waals surface area contributed by atoms with Crippen LogP contribution in [0.25, 0.3) is 0 Å². The van der Waals surface area contributed by atoms with Crippen LogP contribution in [0.2, 0.25) is 0 Å². The molecule has 0 amide bonds. The third kappa shape index (κ3) is 2.70. The molecule has 1 aliphatic rings. The van der Waals surface area contributed by atoms with Crippen LogP contribution in [0.4, 0.5) is 0 Å². The number of aliphatic hydroxyl groups is 1. The quantitative estimate of drug-likeness (QED) is 0.778. The maximum atomic E-state index is 10.8. The molecule has 0 saturated carbocycles. The molecule has 2 atom stereocenters. The lowest BCUT2D eigenvalue weighted by Crippen LogP contribution is -2.26. The summed E-state index contributed by atoms with van der Waals surface area (Å²) in [6.07, 6.45) is 3.24. The summed E-state index contributed by atoms with van der Waals surface area (Å²) in [5.41, 5.74) is 1.18. The Labute approximate surface area is 94.4 Å². The molecular weight excluding hydrogens is 204 g/mol. The lowest BCUT2D eigenvalue weighted by Gasteiger charge is -2.15. The van der Waals surface area contributed by atoms with Crippen molar-refractivity contribution in [1.82, 2.24) is 0 Å². The van der Waals surface area contributed by atoms with Crippen molar-refractivity contribution in [1.29, 1.82) is 0 Å². The van der Waals surface area contributed by atoms with Gasteiger partial charge in [-0.15, -0.1) is 0 Å². The minimum atomic E-state index is -0.622. The Bertz CT molecular complexity index is 383. The van der Waals surface area contributed by atoms with Gasteiger partial charge >= 0.3 is 5.97 Å². The SMILES string of the molecule is O=C1C=C[C@@H]([C@@H](O)CCc2ccccc2)O1. The van der Waals surface area contributed by atoms with E-state index >= 15 is 0 Å². The van der Waals surface area contributed by atoms with Crippen molar-refractivity contribution in [2.24, 2.45) is 0 Å². The van der Waals surface area contributed by atoms with Crippen molar-refractivity contribution < 1.29 is 14.6 Å². The predicted octanol–water partition coefficient (Wildman–Crippen LogP) is 1.46. The average Bonchev–Trinajstić information content (AvgIpc) is 2.74. The maximum Gasteiger partial charge on any atom is 0.331 e. The van der Waals surface area contributed by atoms with Gasteiger partial charge in [-0.05, 0) is 24.5 Å². The van der Waals surface area contributed by atoms with Gasteiger partial charge in [-0.1, -0.05) is 30.3 Å². The van der Waals surface area contributed by atoms with Crippen LogP contribution in [-0.2, 0) is 16.0 Å². The number of esters is 1. The molecule has 2 rings (SSSR count). The van der Waals surface area contributed by atoms with Crippen molar-refractivity contribution in [3.05, 3.63) is 48.0 Å². The van der Waals surface area contributed by atoms with Gasteiger partial charge in [0.05, 0.1) is 6.10 Å². The molecule has 0 bridgehead atoms. The Kier molecular flexibility index (Phi) is 3.37. The minimum absolute atomic E-state index is 0.372. The average molecular weight is 218 g/mol. The normalized spacial score (nSPS) is 20.8. The highest BCUT2D eigenvalue weighted by Gasteiger charge is 2.24. The Morgan fingerprint density at radius 1 is 1.31 bits per heavy atom. The summed E-state index contributed by atoms with van der Waals surface area (Å²) in [5, 5.41) is 9.80. The maximum absolute atomic E-state index is 10.8. The van der Waals surface area contributed by atoms with Gasteiger partial charge in [0, 0.05) is 6.08 Å². The fraction of sp³-hybridized carbons (Fsp3) is 0.308. The second kappa shape index (κ2) is 4.94. The summed E-state index contributed by atoms with van der Waals surface area (Å²) in [6.45, 7) is 0. The van der Waals surface area contributed by atoms with Gasteiger partial charge in [0.1, 0.15) is 6.10 Å². The molecule has 1 aromatic rings.